The van der Waals surface area contributed by atoms with Crippen LogP contribution in [0.25, 0.3) is 0 Å². The summed E-state index contributed by atoms with van der Waals surface area (Å²) in [4.78, 5) is 4.01. The summed E-state index contributed by atoms with van der Waals surface area (Å²) in [7, 11) is 0. The van der Waals surface area contributed by atoms with E-state index in [1.54, 1.807) is 0 Å². The zero-order chi connectivity index (χ0) is 11.5. The van der Waals surface area contributed by atoms with Crippen LogP contribution in [0.4, 0.5) is 11.5 Å². The van der Waals surface area contributed by atoms with Crippen molar-refractivity contribution in [2.24, 2.45) is 0 Å². The van der Waals surface area contributed by atoms with Crippen LogP contribution in [0.15, 0.2) is 24.4 Å². The third-order valence-corrected chi connectivity index (χ3v) is 2.34. The molecule has 16 heavy (non-hydrogen) atoms. The molecule has 0 aliphatic carbocycles. The van der Waals surface area contributed by atoms with E-state index < -0.39 is 0 Å². The Kier molecular flexibility index (Phi) is 3.01. The molecule has 2 rings (SSSR count). The third kappa shape index (κ3) is 2.46. The molecule has 2 aromatic rings. The molecule has 5 heteroatoms. The third-order valence-electron chi connectivity index (χ3n) is 2.18. The van der Waals surface area contributed by atoms with Gasteiger partial charge in [0.1, 0.15) is 0 Å². The highest BCUT2D eigenvalue weighted by Crippen LogP contribution is 2.19. The van der Waals surface area contributed by atoms with Crippen molar-refractivity contribution in [2.75, 3.05) is 5.32 Å². The molecule has 0 amide bonds. The maximum Gasteiger partial charge on any atom is 0.244 e. The summed E-state index contributed by atoms with van der Waals surface area (Å²) in [6.45, 7) is 4.09. The number of hydrogen-bond acceptors (Lipinski definition) is 4. The molecule has 0 saturated heterocycles. The van der Waals surface area contributed by atoms with Gasteiger partial charge in [-0.15, -0.1) is 5.10 Å². The molecule has 0 radical (unpaired) electrons. The minimum absolute atomic E-state index is 0.134. The van der Waals surface area contributed by atoms with E-state index in [1.165, 1.54) is 11.8 Å². The summed E-state index contributed by atoms with van der Waals surface area (Å²) in [5.41, 5.74) is 3.36. The standard InChI is InChI=1S/C11H11ClN4/c1-7-3-4-9(8(2)5-7)14-10-6-13-16-11(12)15-10/h3-6H,1-2H3,(H,14,15,16). The van der Waals surface area contributed by atoms with Crippen LogP contribution in [-0.4, -0.2) is 15.2 Å². The number of hydrogen-bond donors (Lipinski definition) is 1. The first kappa shape index (κ1) is 10.8. The zero-order valence-electron chi connectivity index (χ0n) is 9.03. The highest BCUT2D eigenvalue weighted by molar-refractivity contribution is 6.28. The van der Waals surface area contributed by atoms with Gasteiger partial charge in [0.2, 0.25) is 5.28 Å². The molecule has 0 unspecified atom stereocenters. The highest BCUT2D eigenvalue weighted by Gasteiger charge is 2.01. The van der Waals surface area contributed by atoms with Crippen molar-refractivity contribution in [3.8, 4) is 0 Å². The average molecular weight is 235 g/mol. The van der Waals surface area contributed by atoms with E-state index in [-0.39, 0.29) is 5.28 Å². The predicted molar refractivity (Wildman–Crippen MR) is 64.0 cm³/mol. The maximum atomic E-state index is 5.65. The second kappa shape index (κ2) is 4.45. The zero-order valence-corrected chi connectivity index (χ0v) is 9.78. The van der Waals surface area contributed by atoms with Gasteiger partial charge < -0.3 is 5.32 Å². The predicted octanol–water partition coefficient (Wildman–Crippen LogP) is 2.89. The molecule has 1 aromatic carbocycles. The van der Waals surface area contributed by atoms with E-state index in [4.69, 9.17) is 11.6 Å². The van der Waals surface area contributed by atoms with Gasteiger partial charge in [-0.3, -0.25) is 0 Å². The lowest BCUT2D eigenvalue weighted by atomic mass is 10.1. The van der Waals surface area contributed by atoms with Gasteiger partial charge in [-0.1, -0.05) is 17.7 Å². The smallest absolute Gasteiger partial charge is 0.244 e. The first-order chi connectivity index (χ1) is 7.65. The van der Waals surface area contributed by atoms with E-state index >= 15 is 0 Å². The summed E-state index contributed by atoms with van der Waals surface area (Å²) in [6.07, 6.45) is 1.53. The van der Waals surface area contributed by atoms with Crippen LogP contribution in [0, 0.1) is 13.8 Å². The fourth-order valence-corrected chi connectivity index (χ4v) is 1.57. The number of halogens is 1. The molecular weight excluding hydrogens is 224 g/mol. The number of anilines is 2. The summed E-state index contributed by atoms with van der Waals surface area (Å²) in [6, 6.07) is 6.13. The summed E-state index contributed by atoms with van der Waals surface area (Å²) in [5.74, 6) is 0.590. The van der Waals surface area contributed by atoms with Crippen molar-refractivity contribution in [3.05, 3.63) is 40.8 Å². The van der Waals surface area contributed by atoms with Crippen molar-refractivity contribution in [1.82, 2.24) is 15.2 Å². The van der Waals surface area contributed by atoms with Gasteiger partial charge in [-0.2, -0.15) is 10.1 Å². The van der Waals surface area contributed by atoms with Crippen LogP contribution in [0.1, 0.15) is 11.1 Å². The fraction of sp³-hybridized carbons (Fsp3) is 0.182. The molecule has 0 aliphatic heterocycles. The molecule has 0 aliphatic rings. The molecule has 0 spiro atoms. The van der Waals surface area contributed by atoms with Gasteiger partial charge in [0.15, 0.2) is 5.82 Å². The highest BCUT2D eigenvalue weighted by atomic mass is 35.5. The van der Waals surface area contributed by atoms with Gasteiger partial charge in [-0.25, -0.2) is 0 Å². The number of aromatic nitrogens is 3. The normalized spacial score (nSPS) is 10.2. The van der Waals surface area contributed by atoms with Crippen LogP contribution in [0.3, 0.4) is 0 Å². The van der Waals surface area contributed by atoms with Gasteiger partial charge in [0.05, 0.1) is 6.20 Å². The van der Waals surface area contributed by atoms with Crippen LogP contribution in [-0.2, 0) is 0 Å². The van der Waals surface area contributed by atoms with E-state index in [0.717, 1.165) is 11.3 Å². The van der Waals surface area contributed by atoms with Crippen LogP contribution in [0.2, 0.25) is 5.28 Å². The lowest BCUT2D eigenvalue weighted by Crippen LogP contribution is -1.98. The first-order valence-electron chi connectivity index (χ1n) is 4.84. The Labute approximate surface area is 98.7 Å². The Hall–Kier alpha value is -1.68. The first-order valence-corrected chi connectivity index (χ1v) is 5.22. The summed E-state index contributed by atoms with van der Waals surface area (Å²) >= 11 is 5.65. The molecule has 0 fully saturated rings. The van der Waals surface area contributed by atoms with Crippen molar-refractivity contribution in [2.45, 2.75) is 13.8 Å². The fourth-order valence-electron chi connectivity index (χ4n) is 1.43. The molecule has 4 nitrogen and oxygen atoms in total. The number of aryl methyl sites for hydroxylation is 2. The largest absolute Gasteiger partial charge is 0.339 e. The Bertz CT molecular complexity index is 513. The van der Waals surface area contributed by atoms with Crippen LogP contribution >= 0.6 is 11.6 Å². The SMILES string of the molecule is Cc1ccc(Nc2cnnc(Cl)n2)c(C)c1. The van der Waals surface area contributed by atoms with Gasteiger partial charge >= 0.3 is 0 Å². The van der Waals surface area contributed by atoms with Gasteiger partial charge in [0, 0.05) is 5.69 Å². The second-order valence-electron chi connectivity index (χ2n) is 3.55. The molecule has 0 atom stereocenters. The van der Waals surface area contributed by atoms with E-state index in [9.17, 15) is 0 Å². The van der Waals surface area contributed by atoms with Crippen molar-refractivity contribution >= 4 is 23.1 Å². The average Bonchev–Trinajstić information content (AvgIpc) is 2.22. The van der Waals surface area contributed by atoms with Crippen molar-refractivity contribution < 1.29 is 0 Å². The minimum atomic E-state index is 0.134. The van der Waals surface area contributed by atoms with E-state index in [1.807, 2.05) is 19.1 Å². The van der Waals surface area contributed by atoms with Crippen LogP contribution in [0.5, 0.6) is 0 Å². The molecule has 1 aromatic heterocycles. The Morgan fingerprint density at radius 3 is 2.75 bits per heavy atom. The van der Waals surface area contributed by atoms with E-state index in [2.05, 4.69) is 33.5 Å². The summed E-state index contributed by atoms with van der Waals surface area (Å²) < 4.78 is 0. The van der Waals surface area contributed by atoms with Gasteiger partial charge in [-0.05, 0) is 37.1 Å². The topological polar surface area (TPSA) is 50.7 Å². The second-order valence-corrected chi connectivity index (χ2v) is 3.89. The molecule has 0 bridgehead atoms. The minimum Gasteiger partial charge on any atom is -0.339 e. The molecule has 0 saturated carbocycles. The monoisotopic (exact) mass is 234 g/mol. The van der Waals surface area contributed by atoms with Gasteiger partial charge in [0.25, 0.3) is 0 Å². The lowest BCUT2D eigenvalue weighted by molar-refractivity contribution is 0.974. The molecule has 1 N–H and O–H groups in total. The Morgan fingerprint density at radius 2 is 2.06 bits per heavy atom. The van der Waals surface area contributed by atoms with E-state index in [0.29, 0.717) is 5.82 Å². The maximum absolute atomic E-state index is 5.65. The molecular formula is C11H11ClN4. The number of benzene rings is 1. The summed E-state index contributed by atoms with van der Waals surface area (Å²) in [5, 5.41) is 10.6. The number of rotatable bonds is 2. The number of nitrogens with one attached hydrogen (secondary N) is 1. The molecule has 1 heterocycles. The number of nitrogens with zero attached hydrogens (tertiary/aromatic N) is 3. The Balaban J connectivity index is 2.27. The van der Waals surface area contributed by atoms with Crippen LogP contribution < -0.4 is 5.32 Å². The Morgan fingerprint density at radius 1 is 1.25 bits per heavy atom. The van der Waals surface area contributed by atoms with Crippen molar-refractivity contribution in [1.29, 1.82) is 0 Å². The molecule has 82 valence electrons. The quantitative estimate of drug-likeness (QED) is 0.868. The lowest BCUT2D eigenvalue weighted by Gasteiger charge is -2.08. The van der Waals surface area contributed by atoms with Crippen molar-refractivity contribution in [3.63, 3.8) is 0 Å².